The lowest BCUT2D eigenvalue weighted by atomic mass is 9.88. The number of benzene rings is 2. The molecule has 7 nitrogen and oxygen atoms in total. The summed E-state index contributed by atoms with van der Waals surface area (Å²) in [5, 5.41) is 14.7. The molecule has 0 saturated heterocycles. The number of carbonyl (C=O) groups excluding carboxylic acids is 2. The van der Waals surface area contributed by atoms with Crippen molar-refractivity contribution < 1.29 is 24.2 Å². The number of nitrogens with one attached hydrogen (secondary N) is 2. The number of carboxylic acid groups (broad SMARTS) is 1. The van der Waals surface area contributed by atoms with E-state index in [1.807, 2.05) is 57.2 Å². The summed E-state index contributed by atoms with van der Waals surface area (Å²) in [7, 11) is 0. The number of hydrogen-bond acceptors (Lipinski definition) is 4. The summed E-state index contributed by atoms with van der Waals surface area (Å²) in [6.07, 6.45) is -0.442. The van der Waals surface area contributed by atoms with Crippen molar-refractivity contribution in [1.82, 2.24) is 10.6 Å². The molecule has 2 atom stereocenters. The number of amides is 2. The molecule has 1 unspecified atom stereocenters. The normalized spacial score (nSPS) is 14.6. The van der Waals surface area contributed by atoms with E-state index in [-0.39, 0.29) is 30.3 Å². The largest absolute Gasteiger partial charge is 0.480 e. The van der Waals surface area contributed by atoms with Gasteiger partial charge in [0.1, 0.15) is 18.7 Å². The van der Waals surface area contributed by atoms with Gasteiger partial charge in [-0.1, -0.05) is 83.1 Å². The van der Waals surface area contributed by atoms with E-state index in [9.17, 15) is 19.5 Å². The van der Waals surface area contributed by atoms with E-state index in [2.05, 4.69) is 22.8 Å². The van der Waals surface area contributed by atoms with Crippen LogP contribution in [-0.2, 0) is 14.3 Å². The van der Waals surface area contributed by atoms with Crippen LogP contribution in [0.2, 0.25) is 0 Å². The summed E-state index contributed by atoms with van der Waals surface area (Å²) in [4.78, 5) is 37.2. The molecule has 0 spiro atoms. The standard InChI is InChI=1S/C27H34N2O5/c1-16(2)23(24(30)28-22(25(31)32)14-27(3,4)5)29-26(33)34-15-21-19-12-8-6-10-17(19)18-11-7-9-13-20(18)21/h6-13,16,21-23H,14-15H2,1-5H3,(H,28,30)(H,29,33)(H,31,32)/t22?,23-/m1/s1. The second-order valence-corrected chi connectivity index (χ2v) is 10.4. The van der Waals surface area contributed by atoms with E-state index in [0.29, 0.717) is 0 Å². The van der Waals surface area contributed by atoms with Gasteiger partial charge in [-0.25, -0.2) is 9.59 Å². The van der Waals surface area contributed by atoms with Gasteiger partial charge in [0.2, 0.25) is 5.91 Å². The SMILES string of the molecule is CC(C)[C@@H](NC(=O)OCC1c2ccccc2-c2ccccc21)C(=O)NC(CC(C)(C)C)C(=O)O. The van der Waals surface area contributed by atoms with Crippen LogP contribution in [0.25, 0.3) is 11.1 Å². The molecule has 2 aromatic carbocycles. The smallest absolute Gasteiger partial charge is 0.407 e. The van der Waals surface area contributed by atoms with E-state index in [0.717, 1.165) is 22.3 Å². The molecule has 0 heterocycles. The maximum atomic E-state index is 12.9. The van der Waals surface area contributed by atoms with Gasteiger partial charge < -0.3 is 20.5 Å². The number of rotatable bonds is 8. The third-order valence-electron chi connectivity index (χ3n) is 6.00. The first-order chi connectivity index (χ1) is 16.0. The zero-order valence-electron chi connectivity index (χ0n) is 20.4. The number of ether oxygens (including phenoxy) is 1. The Morgan fingerprint density at radius 2 is 1.47 bits per heavy atom. The van der Waals surface area contributed by atoms with Crippen LogP contribution in [-0.4, -0.2) is 41.8 Å². The quantitative estimate of drug-likeness (QED) is 0.529. The molecule has 0 bridgehead atoms. The van der Waals surface area contributed by atoms with Crippen LogP contribution in [0.3, 0.4) is 0 Å². The molecule has 34 heavy (non-hydrogen) atoms. The number of fused-ring (bicyclic) bond motifs is 3. The van der Waals surface area contributed by atoms with Gasteiger partial charge >= 0.3 is 12.1 Å². The minimum atomic E-state index is -1.10. The van der Waals surface area contributed by atoms with Crippen molar-refractivity contribution >= 4 is 18.0 Å². The third kappa shape index (κ3) is 5.95. The van der Waals surface area contributed by atoms with Crippen molar-refractivity contribution in [1.29, 1.82) is 0 Å². The summed E-state index contributed by atoms with van der Waals surface area (Å²) >= 11 is 0. The fourth-order valence-corrected chi connectivity index (χ4v) is 4.38. The number of aliphatic carboxylic acids is 1. The van der Waals surface area contributed by atoms with Crippen LogP contribution < -0.4 is 10.6 Å². The number of hydrogen-bond donors (Lipinski definition) is 3. The van der Waals surface area contributed by atoms with Gasteiger partial charge in [-0.05, 0) is 40.0 Å². The molecule has 3 N–H and O–H groups in total. The van der Waals surface area contributed by atoms with Crippen LogP contribution in [0.5, 0.6) is 0 Å². The Hall–Kier alpha value is -3.35. The van der Waals surface area contributed by atoms with Crippen LogP contribution in [0.4, 0.5) is 4.79 Å². The molecule has 1 aliphatic carbocycles. The lowest BCUT2D eigenvalue weighted by Gasteiger charge is -2.27. The summed E-state index contributed by atoms with van der Waals surface area (Å²) in [6, 6.07) is 14.1. The van der Waals surface area contributed by atoms with Gasteiger partial charge in [-0.15, -0.1) is 0 Å². The minimum Gasteiger partial charge on any atom is -0.480 e. The molecule has 2 aromatic rings. The van der Waals surface area contributed by atoms with E-state index < -0.39 is 30.1 Å². The molecule has 2 amide bonds. The highest BCUT2D eigenvalue weighted by Crippen LogP contribution is 2.44. The average molecular weight is 467 g/mol. The molecule has 0 radical (unpaired) electrons. The van der Waals surface area contributed by atoms with Crippen LogP contribution in [0.1, 0.15) is 58.1 Å². The Kier molecular flexibility index (Phi) is 7.64. The molecule has 0 aromatic heterocycles. The fourth-order valence-electron chi connectivity index (χ4n) is 4.38. The molecular weight excluding hydrogens is 432 g/mol. The van der Waals surface area contributed by atoms with Gasteiger partial charge in [0, 0.05) is 5.92 Å². The van der Waals surface area contributed by atoms with E-state index in [1.54, 1.807) is 13.8 Å². The Morgan fingerprint density at radius 1 is 0.941 bits per heavy atom. The van der Waals surface area contributed by atoms with Crippen LogP contribution >= 0.6 is 0 Å². The zero-order chi connectivity index (χ0) is 25.0. The van der Waals surface area contributed by atoms with Crippen molar-refractivity contribution in [3.05, 3.63) is 59.7 Å². The lowest BCUT2D eigenvalue weighted by molar-refractivity contribution is -0.143. The second kappa shape index (κ2) is 10.3. The predicted molar refractivity (Wildman–Crippen MR) is 130 cm³/mol. The maximum Gasteiger partial charge on any atom is 0.407 e. The highest BCUT2D eigenvalue weighted by molar-refractivity contribution is 5.89. The molecule has 1 aliphatic rings. The minimum absolute atomic E-state index is 0.0901. The van der Waals surface area contributed by atoms with Gasteiger partial charge in [0.05, 0.1) is 0 Å². The lowest BCUT2D eigenvalue weighted by Crippen LogP contribution is -2.54. The van der Waals surface area contributed by atoms with Crippen molar-refractivity contribution in [3.63, 3.8) is 0 Å². The van der Waals surface area contributed by atoms with E-state index in [4.69, 9.17) is 4.74 Å². The molecule has 0 fully saturated rings. The summed E-state index contributed by atoms with van der Waals surface area (Å²) < 4.78 is 5.56. The highest BCUT2D eigenvalue weighted by Gasteiger charge is 2.33. The number of alkyl carbamates (subject to hydrolysis) is 1. The highest BCUT2D eigenvalue weighted by atomic mass is 16.5. The summed E-state index contributed by atoms with van der Waals surface area (Å²) in [5.74, 6) is -2.00. The van der Waals surface area contributed by atoms with Gasteiger partial charge in [0.25, 0.3) is 0 Å². The molecule has 3 rings (SSSR count). The van der Waals surface area contributed by atoms with Crippen LogP contribution in [0.15, 0.2) is 48.5 Å². The first kappa shape index (κ1) is 25.3. The molecule has 0 aliphatic heterocycles. The fraction of sp³-hybridized carbons (Fsp3) is 0.444. The first-order valence-electron chi connectivity index (χ1n) is 11.6. The Morgan fingerprint density at radius 3 is 1.94 bits per heavy atom. The second-order valence-electron chi connectivity index (χ2n) is 10.4. The first-order valence-corrected chi connectivity index (χ1v) is 11.6. The Balaban J connectivity index is 1.66. The van der Waals surface area contributed by atoms with Gasteiger partial charge in [-0.3, -0.25) is 4.79 Å². The van der Waals surface area contributed by atoms with E-state index >= 15 is 0 Å². The maximum absolute atomic E-state index is 12.9. The number of carboxylic acids is 1. The molecular formula is C27H34N2O5. The topological polar surface area (TPSA) is 105 Å². The summed E-state index contributed by atoms with van der Waals surface area (Å²) in [5.41, 5.74) is 4.17. The Labute approximate surface area is 200 Å². The molecule has 182 valence electrons. The summed E-state index contributed by atoms with van der Waals surface area (Å²) in [6.45, 7) is 9.42. The average Bonchev–Trinajstić information content (AvgIpc) is 3.08. The van der Waals surface area contributed by atoms with Crippen molar-refractivity contribution in [2.75, 3.05) is 6.61 Å². The van der Waals surface area contributed by atoms with Crippen molar-refractivity contribution in [3.8, 4) is 11.1 Å². The molecule has 0 saturated carbocycles. The zero-order valence-corrected chi connectivity index (χ0v) is 20.4. The number of carbonyl (C=O) groups is 3. The predicted octanol–water partition coefficient (Wildman–Crippen LogP) is 4.56. The molecule has 7 heteroatoms. The van der Waals surface area contributed by atoms with Gasteiger partial charge in [-0.2, -0.15) is 0 Å². The van der Waals surface area contributed by atoms with E-state index in [1.165, 1.54) is 0 Å². The van der Waals surface area contributed by atoms with Gasteiger partial charge in [0.15, 0.2) is 0 Å². The van der Waals surface area contributed by atoms with Crippen molar-refractivity contribution in [2.45, 2.75) is 59.0 Å². The van der Waals surface area contributed by atoms with Crippen molar-refractivity contribution in [2.24, 2.45) is 11.3 Å². The van der Waals surface area contributed by atoms with Crippen LogP contribution in [0, 0.1) is 11.3 Å². The Bertz CT molecular complexity index is 1010. The third-order valence-corrected chi connectivity index (χ3v) is 6.00. The monoisotopic (exact) mass is 466 g/mol.